The average molecular weight is 418 g/mol. The fourth-order valence-corrected chi connectivity index (χ4v) is 5.70. The molecule has 0 radical (unpaired) electrons. The Morgan fingerprint density at radius 2 is 2.11 bits per heavy atom. The van der Waals surface area contributed by atoms with E-state index in [0.29, 0.717) is 22.0 Å². The van der Waals surface area contributed by atoms with Crippen molar-refractivity contribution in [2.45, 2.75) is 25.4 Å². The summed E-state index contributed by atoms with van der Waals surface area (Å²) in [6.45, 7) is 0. The second kappa shape index (κ2) is 7.59. The summed E-state index contributed by atoms with van der Waals surface area (Å²) in [7, 11) is -3.03. The van der Waals surface area contributed by atoms with Crippen molar-refractivity contribution in [3.63, 3.8) is 0 Å². The van der Waals surface area contributed by atoms with Gasteiger partial charge in [-0.1, -0.05) is 18.2 Å². The molecule has 1 unspecified atom stereocenters. The van der Waals surface area contributed by atoms with Gasteiger partial charge in [0.05, 0.1) is 17.1 Å². The van der Waals surface area contributed by atoms with Crippen molar-refractivity contribution in [3.8, 4) is 0 Å². The number of benzene rings is 1. The number of hydrogen-bond acceptors (Lipinski definition) is 5. The summed E-state index contributed by atoms with van der Waals surface area (Å²) >= 11 is 1.18. The van der Waals surface area contributed by atoms with Gasteiger partial charge in [0.2, 0.25) is 5.91 Å². The third-order valence-electron chi connectivity index (χ3n) is 4.23. The van der Waals surface area contributed by atoms with Gasteiger partial charge in [0.25, 0.3) is 0 Å². The number of nitrogens with zero attached hydrogens (tertiary/aromatic N) is 1. The van der Waals surface area contributed by atoms with Crippen molar-refractivity contribution in [1.82, 2.24) is 4.98 Å². The first-order valence-electron chi connectivity index (χ1n) is 8.22. The van der Waals surface area contributed by atoms with Gasteiger partial charge in [-0.05, 0) is 24.0 Å². The van der Waals surface area contributed by atoms with E-state index in [-0.39, 0.29) is 36.2 Å². The summed E-state index contributed by atoms with van der Waals surface area (Å²) in [5.74, 6) is -0.348. The molecule has 146 valence electrons. The molecule has 1 aliphatic rings. The molecule has 1 N–H and O–H groups in total. The lowest BCUT2D eigenvalue weighted by atomic mass is 10.1. The third kappa shape index (κ3) is 5.52. The third-order valence-corrected chi connectivity index (χ3v) is 6.98. The summed E-state index contributed by atoms with van der Waals surface area (Å²) in [4.78, 5) is 16.8. The molecule has 3 rings (SSSR count). The van der Waals surface area contributed by atoms with Crippen LogP contribution in [-0.4, -0.2) is 30.8 Å². The number of thiazole rings is 1. The van der Waals surface area contributed by atoms with Crippen LogP contribution in [-0.2, 0) is 27.2 Å². The average Bonchev–Trinajstić information content (AvgIpc) is 3.12. The maximum atomic E-state index is 12.8. The predicted octanol–water partition coefficient (Wildman–Crippen LogP) is 3.52. The minimum absolute atomic E-state index is 0.0269. The standard InChI is InChI=1S/C17H17F3N2O3S2/c18-17(19,20)13-3-1-2-11(6-13)7-14-9-21-16(26-14)22-15(23)8-12-4-5-27(24,25)10-12/h1-3,6,9,12H,4-5,7-8,10H2,(H,21,22,23). The van der Waals surface area contributed by atoms with Gasteiger partial charge in [0.1, 0.15) is 0 Å². The summed E-state index contributed by atoms with van der Waals surface area (Å²) in [6.07, 6.45) is -2.01. The molecule has 1 aromatic carbocycles. The fraction of sp³-hybridized carbons (Fsp3) is 0.412. The largest absolute Gasteiger partial charge is 0.416 e. The van der Waals surface area contributed by atoms with Crippen LogP contribution >= 0.6 is 11.3 Å². The number of hydrogen-bond donors (Lipinski definition) is 1. The topological polar surface area (TPSA) is 76.1 Å². The molecule has 0 bridgehead atoms. The summed E-state index contributed by atoms with van der Waals surface area (Å²) in [5.41, 5.74) is -0.202. The minimum Gasteiger partial charge on any atom is -0.302 e. The molecule has 1 atom stereocenters. The lowest BCUT2D eigenvalue weighted by molar-refractivity contribution is -0.137. The van der Waals surface area contributed by atoms with Crippen molar-refractivity contribution < 1.29 is 26.4 Å². The van der Waals surface area contributed by atoms with Crippen LogP contribution in [0.15, 0.2) is 30.5 Å². The van der Waals surface area contributed by atoms with E-state index in [1.165, 1.54) is 23.6 Å². The fourth-order valence-electron chi connectivity index (χ4n) is 2.97. The van der Waals surface area contributed by atoms with Gasteiger partial charge in [-0.3, -0.25) is 4.79 Å². The highest BCUT2D eigenvalue weighted by Crippen LogP contribution is 2.30. The highest BCUT2D eigenvalue weighted by atomic mass is 32.2. The normalized spacial score (nSPS) is 19.1. The summed E-state index contributed by atoms with van der Waals surface area (Å²) in [5, 5.41) is 2.98. The van der Waals surface area contributed by atoms with Crippen LogP contribution in [0.25, 0.3) is 0 Å². The Morgan fingerprint density at radius 1 is 1.33 bits per heavy atom. The molecule has 1 aromatic heterocycles. The molecule has 1 fully saturated rings. The lowest BCUT2D eigenvalue weighted by Gasteiger charge is -2.08. The highest BCUT2D eigenvalue weighted by Gasteiger charge is 2.31. The van der Waals surface area contributed by atoms with Crippen LogP contribution < -0.4 is 5.32 Å². The number of nitrogens with one attached hydrogen (secondary N) is 1. The Morgan fingerprint density at radius 3 is 2.78 bits per heavy atom. The SMILES string of the molecule is O=C(CC1CCS(=O)(=O)C1)Nc1ncc(Cc2cccc(C(F)(F)F)c2)s1. The molecule has 0 aliphatic carbocycles. The van der Waals surface area contributed by atoms with Gasteiger partial charge in [0, 0.05) is 23.9 Å². The van der Waals surface area contributed by atoms with Crippen molar-refractivity contribution in [2.75, 3.05) is 16.8 Å². The Kier molecular flexibility index (Phi) is 5.57. The number of halogens is 3. The Bertz CT molecular complexity index is 939. The monoisotopic (exact) mass is 418 g/mol. The van der Waals surface area contributed by atoms with Crippen molar-refractivity contribution in [2.24, 2.45) is 5.92 Å². The zero-order valence-electron chi connectivity index (χ0n) is 14.1. The second-order valence-corrected chi connectivity index (χ2v) is 9.87. The Hall–Kier alpha value is -1.94. The van der Waals surface area contributed by atoms with Crippen LogP contribution in [0, 0.1) is 5.92 Å². The van der Waals surface area contributed by atoms with Crippen LogP contribution in [0.2, 0.25) is 0 Å². The van der Waals surface area contributed by atoms with Crippen molar-refractivity contribution in [1.29, 1.82) is 0 Å². The molecule has 5 nitrogen and oxygen atoms in total. The van der Waals surface area contributed by atoms with E-state index in [9.17, 15) is 26.4 Å². The highest BCUT2D eigenvalue weighted by molar-refractivity contribution is 7.91. The minimum atomic E-state index is -4.39. The Balaban J connectivity index is 1.58. The van der Waals surface area contributed by atoms with E-state index in [0.717, 1.165) is 12.1 Å². The number of carbonyl (C=O) groups is 1. The van der Waals surface area contributed by atoms with Gasteiger partial charge < -0.3 is 5.32 Å². The summed E-state index contributed by atoms with van der Waals surface area (Å²) in [6, 6.07) is 5.08. The predicted molar refractivity (Wildman–Crippen MR) is 96.4 cm³/mol. The number of rotatable bonds is 5. The van der Waals surface area contributed by atoms with Crippen molar-refractivity contribution >= 4 is 32.2 Å². The van der Waals surface area contributed by atoms with Crippen LogP contribution in [0.5, 0.6) is 0 Å². The molecular weight excluding hydrogens is 401 g/mol. The number of carbonyl (C=O) groups excluding carboxylic acids is 1. The molecule has 10 heteroatoms. The molecular formula is C17H17F3N2O3S2. The summed E-state index contributed by atoms with van der Waals surface area (Å²) < 4.78 is 61.2. The van der Waals surface area contributed by atoms with Gasteiger partial charge in [-0.25, -0.2) is 13.4 Å². The molecule has 0 saturated carbocycles. The molecule has 1 aliphatic heterocycles. The number of aromatic nitrogens is 1. The van der Waals surface area contributed by atoms with E-state index in [1.54, 1.807) is 6.07 Å². The molecule has 2 heterocycles. The molecule has 1 amide bonds. The van der Waals surface area contributed by atoms with Gasteiger partial charge in [-0.2, -0.15) is 13.2 Å². The van der Waals surface area contributed by atoms with Crippen LogP contribution in [0.4, 0.5) is 18.3 Å². The van der Waals surface area contributed by atoms with E-state index >= 15 is 0 Å². The first kappa shape index (κ1) is 19.8. The van der Waals surface area contributed by atoms with Crippen LogP contribution in [0.1, 0.15) is 28.8 Å². The second-order valence-electron chi connectivity index (χ2n) is 6.53. The van der Waals surface area contributed by atoms with Crippen LogP contribution in [0.3, 0.4) is 0 Å². The first-order chi connectivity index (χ1) is 12.6. The number of alkyl halides is 3. The zero-order valence-corrected chi connectivity index (χ0v) is 15.8. The molecule has 1 saturated heterocycles. The number of amides is 1. The maximum Gasteiger partial charge on any atom is 0.416 e. The van der Waals surface area contributed by atoms with Crippen molar-refractivity contribution in [3.05, 3.63) is 46.5 Å². The zero-order chi connectivity index (χ0) is 19.7. The molecule has 0 spiro atoms. The van der Waals surface area contributed by atoms with E-state index in [2.05, 4.69) is 10.3 Å². The lowest BCUT2D eigenvalue weighted by Crippen LogP contribution is -2.17. The quantitative estimate of drug-likeness (QED) is 0.806. The maximum absolute atomic E-state index is 12.8. The molecule has 2 aromatic rings. The van der Waals surface area contributed by atoms with E-state index in [4.69, 9.17) is 0 Å². The van der Waals surface area contributed by atoms with Gasteiger partial charge >= 0.3 is 6.18 Å². The van der Waals surface area contributed by atoms with Gasteiger partial charge in [0.15, 0.2) is 15.0 Å². The first-order valence-corrected chi connectivity index (χ1v) is 10.9. The molecule has 27 heavy (non-hydrogen) atoms. The Labute approximate surface area is 158 Å². The smallest absolute Gasteiger partial charge is 0.302 e. The number of sulfone groups is 1. The van der Waals surface area contributed by atoms with Gasteiger partial charge in [-0.15, -0.1) is 11.3 Å². The number of anilines is 1. The van der Waals surface area contributed by atoms with E-state index < -0.39 is 21.6 Å². The van der Waals surface area contributed by atoms with E-state index in [1.807, 2.05) is 0 Å².